The van der Waals surface area contributed by atoms with E-state index in [-0.39, 0.29) is 6.04 Å². The van der Waals surface area contributed by atoms with Crippen LogP contribution in [0.15, 0.2) is 29.3 Å². The Bertz CT molecular complexity index is 592. The van der Waals surface area contributed by atoms with Gasteiger partial charge in [0.2, 0.25) is 0 Å². The highest BCUT2D eigenvalue weighted by atomic mass is 19.4. The number of aryl methyl sites for hydroxylation is 1. The first-order valence-corrected chi connectivity index (χ1v) is 8.79. The van der Waals surface area contributed by atoms with E-state index in [1.54, 1.807) is 14.2 Å². The molecule has 2 N–H and O–H groups in total. The lowest BCUT2D eigenvalue weighted by molar-refractivity contribution is -0.143. The highest BCUT2D eigenvalue weighted by molar-refractivity contribution is 5.80. The van der Waals surface area contributed by atoms with Crippen LogP contribution in [0.3, 0.4) is 0 Å². The summed E-state index contributed by atoms with van der Waals surface area (Å²) in [5, 5.41) is 6.43. The van der Waals surface area contributed by atoms with Crippen molar-refractivity contribution in [3.63, 3.8) is 0 Å². The number of halogens is 3. The molecule has 0 aromatic heterocycles. The molecule has 0 radical (unpaired) electrons. The van der Waals surface area contributed by atoms with Gasteiger partial charge in [-0.25, -0.2) is 0 Å². The van der Waals surface area contributed by atoms with Gasteiger partial charge in [0, 0.05) is 32.7 Å². The summed E-state index contributed by atoms with van der Waals surface area (Å²) in [6.07, 6.45) is -1.64. The maximum Gasteiger partial charge on any atom is 0.401 e. The van der Waals surface area contributed by atoms with Crippen molar-refractivity contribution in [1.29, 1.82) is 0 Å². The van der Waals surface area contributed by atoms with Crippen LogP contribution in [0.2, 0.25) is 0 Å². The zero-order valence-corrected chi connectivity index (χ0v) is 15.3. The third kappa shape index (κ3) is 7.11. The number of likely N-dealkylation sites (tertiary alicyclic amines) is 1. The van der Waals surface area contributed by atoms with Crippen LogP contribution < -0.4 is 15.4 Å². The van der Waals surface area contributed by atoms with Crippen molar-refractivity contribution < 1.29 is 17.9 Å². The second-order valence-electron chi connectivity index (χ2n) is 6.43. The molecule has 1 aliphatic heterocycles. The van der Waals surface area contributed by atoms with Crippen LogP contribution in [0, 0.1) is 0 Å². The van der Waals surface area contributed by atoms with Crippen LogP contribution in [0.5, 0.6) is 5.75 Å². The third-order valence-corrected chi connectivity index (χ3v) is 4.31. The zero-order chi connectivity index (χ0) is 19.0. The quantitative estimate of drug-likeness (QED) is 0.439. The molecule has 2 rings (SSSR count). The standard InChI is InChI=1S/C18H27F3N4O/c1-22-17(24-15-8-10-25(12-15)13-18(19,20)21)23-9-4-6-14-5-3-7-16(11-14)26-2/h3,5,7,11,15H,4,6,8-10,12-13H2,1-2H3,(H2,22,23,24). The number of rotatable bonds is 7. The number of aliphatic imine (C=N–C) groups is 1. The van der Waals surface area contributed by atoms with E-state index in [2.05, 4.69) is 21.7 Å². The van der Waals surface area contributed by atoms with Crippen LogP contribution in [0.4, 0.5) is 13.2 Å². The minimum Gasteiger partial charge on any atom is -0.497 e. The molecule has 1 aliphatic rings. The predicted octanol–water partition coefficient (Wildman–Crippen LogP) is 2.43. The fourth-order valence-corrected chi connectivity index (χ4v) is 3.06. The normalized spacial score (nSPS) is 18.8. The number of hydrogen-bond acceptors (Lipinski definition) is 3. The average molecular weight is 372 g/mol. The van der Waals surface area contributed by atoms with Crippen molar-refractivity contribution in [3.8, 4) is 5.75 Å². The molecule has 146 valence electrons. The SMILES string of the molecule is CN=C(NCCCc1cccc(OC)c1)NC1CCN(CC(F)(F)F)C1. The Morgan fingerprint density at radius 3 is 2.88 bits per heavy atom. The molecule has 0 bridgehead atoms. The van der Waals surface area contributed by atoms with E-state index in [0.717, 1.165) is 25.1 Å². The van der Waals surface area contributed by atoms with Gasteiger partial charge in [0.05, 0.1) is 13.7 Å². The summed E-state index contributed by atoms with van der Waals surface area (Å²) >= 11 is 0. The molecule has 1 saturated heterocycles. The Kier molecular flexibility index (Phi) is 7.56. The molecule has 1 heterocycles. The first kappa shape index (κ1) is 20.4. The number of guanidine groups is 1. The molecule has 1 aromatic carbocycles. The molecular weight excluding hydrogens is 345 g/mol. The molecule has 0 saturated carbocycles. The Labute approximate surface area is 152 Å². The molecule has 8 heteroatoms. The van der Waals surface area contributed by atoms with E-state index in [9.17, 15) is 13.2 Å². The second kappa shape index (κ2) is 9.66. The highest BCUT2D eigenvalue weighted by Gasteiger charge is 2.34. The van der Waals surface area contributed by atoms with Gasteiger partial charge >= 0.3 is 6.18 Å². The van der Waals surface area contributed by atoms with Crippen LogP contribution in [-0.2, 0) is 6.42 Å². The van der Waals surface area contributed by atoms with E-state index in [1.807, 2.05) is 18.2 Å². The number of methoxy groups -OCH3 is 1. The first-order chi connectivity index (χ1) is 12.4. The largest absolute Gasteiger partial charge is 0.497 e. The van der Waals surface area contributed by atoms with Crippen molar-refractivity contribution in [1.82, 2.24) is 15.5 Å². The summed E-state index contributed by atoms with van der Waals surface area (Å²) in [6, 6.07) is 7.94. The molecule has 1 aromatic rings. The van der Waals surface area contributed by atoms with E-state index in [1.165, 1.54) is 10.5 Å². The smallest absolute Gasteiger partial charge is 0.401 e. The lowest BCUT2D eigenvalue weighted by Crippen LogP contribution is -2.45. The molecule has 5 nitrogen and oxygen atoms in total. The molecule has 0 spiro atoms. The lowest BCUT2D eigenvalue weighted by Gasteiger charge is -2.19. The predicted molar refractivity (Wildman–Crippen MR) is 96.7 cm³/mol. The van der Waals surface area contributed by atoms with Crippen LogP contribution in [-0.4, -0.2) is 63.4 Å². The lowest BCUT2D eigenvalue weighted by atomic mass is 10.1. The highest BCUT2D eigenvalue weighted by Crippen LogP contribution is 2.20. The molecule has 1 atom stereocenters. The van der Waals surface area contributed by atoms with Crippen molar-refractivity contribution in [3.05, 3.63) is 29.8 Å². The van der Waals surface area contributed by atoms with Crippen molar-refractivity contribution in [2.45, 2.75) is 31.5 Å². The monoisotopic (exact) mass is 372 g/mol. The minimum atomic E-state index is -4.14. The fraction of sp³-hybridized carbons (Fsp3) is 0.611. The summed E-state index contributed by atoms with van der Waals surface area (Å²) in [4.78, 5) is 5.58. The number of ether oxygens (including phenoxy) is 1. The molecule has 1 fully saturated rings. The first-order valence-electron chi connectivity index (χ1n) is 8.79. The van der Waals surface area contributed by atoms with Gasteiger partial charge in [0.15, 0.2) is 5.96 Å². The molecular formula is C18H27F3N4O. The molecule has 0 amide bonds. The van der Waals surface area contributed by atoms with Crippen LogP contribution >= 0.6 is 0 Å². The van der Waals surface area contributed by atoms with Gasteiger partial charge in [-0.3, -0.25) is 9.89 Å². The molecule has 26 heavy (non-hydrogen) atoms. The fourth-order valence-electron chi connectivity index (χ4n) is 3.06. The van der Waals surface area contributed by atoms with Gasteiger partial charge < -0.3 is 15.4 Å². The Balaban J connectivity index is 1.68. The summed E-state index contributed by atoms with van der Waals surface area (Å²) in [5.41, 5.74) is 1.20. The minimum absolute atomic E-state index is 0.0121. The summed E-state index contributed by atoms with van der Waals surface area (Å²) in [7, 11) is 3.31. The number of nitrogens with one attached hydrogen (secondary N) is 2. The Morgan fingerprint density at radius 1 is 1.38 bits per heavy atom. The number of benzene rings is 1. The van der Waals surface area contributed by atoms with E-state index in [0.29, 0.717) is 25.5 Å². The van der Waals surface area contributed by atoms with E-state index in [4.69, 9.17) is 4.74 Å². The summed E-state index contributed by atoms with van der Waals surface area (Å²) in [5.74, 6) is 1.48. The van der Waals surface area contributed by atoms with E-state index >= 15 is 0 Å². The Hall–Kier alpha value is -1.96. The van der Waals surface area contributed by atoms with Crippen molar-refractivity contribution in [2.24, 2.45) is 4.99 Å². The van der Waals surface area contributed by atoms with Crippen molar-refractivity contribution >= 4 is 5.96 Å². The second-order valence-corrected chi connectivity index (χ2v) is 6.43. The summed E-state index contributed by atoms with van der Waals surface area (Å²) < 4.78 is 42.6. The molecule has 1 unspecified atom stereocenters. The van der Waals surface area contributed by atoms with E-state index < -0.39 is 12.7 Å². The van der Waals surface area contributed by atoms with Gasteiger partial charge in [-0.2, -0.15) is 13.2 Å². The topological polar surface area (TPSA) is 48.9 Å². The third-order valence-electron chi connectivity index (χ3n) is 4.31. The zero-order valence-electron chi connectivity index (χ0n) is 15.3. The average Bonchev–Trinajstić information content (AvgIpc) is 3.02. The van der Waals surface area contributed by atoms with Crippen molar-refractivity contribution in [2.75, 3.05) is 40.3 Å². The van der Waals surface area contributed by atoms with Gasteiger partial charge in [0.25, 0.3) is 0 Å². The van der Waals surface area contributed by atoms with Crippen LogP contribution in [0.1, 0.15) is 18.4 Å². The maximum atomic E-state index is 12.5. The van der Waals surface area contributed by atoms with Gasteiger partial charge in [-0.1, -0.05) is 12.1 Å². The number of alkyl halides is 3. The van der Waals surface area contributed by atoms with Gasteiger partial charge in [-0.15, -0.1) is 0 Å². The van der Waals surface area contributed by atoms with Gasteiger partial charge in [0.1, 0.15) is 5.75 Å². The summed E-state index contributed by atoms with van der Waals surface area (Å²) in [6.45, 7) is 0.710. The van der Waals surface area contributed by atoms with Crippen LogP contribution in [0.25, 0.3) is 0 Å². The number of nitrogens with zero attached hydrogens (tertiary/aromatic N) is 2. The molecule has 0 aliphatic carbocycles. The van der Waals surface area contributed by atoms with Gasteiger partial charge in [-0.05, 0) is 37.0 Å². The Morgan fingerprint density at radius 2 is 2.19 bits per heavy atom. The number of hydrogen-bond donors (Lipinski definition) is 2. The maximum absolute atomic E-state index is 12.5.